The Kier molecular flexibility index (Phi) is 30.7. The number of esters is 5. The van der Waals surface area contributed by atoms with Crippen LogP contribution in [0.3, 0.4) is 0 Å². The third-order valence-corrected chi connectivity index (χ3v) is 25.4. The van der Waals surface area contributed by atoms with E-state index in [9.17, 15) is 45.0 Å². The molecule has 0 saturated carbocycles. The van der Waals surface area contributed by atoms with Crippen molar-refractivity contribution in [3.8, 4) is 86.0 Å². The van der Waals surface area contributed by atoms with Crippen LogP contribution in [0.2, 0.25) is 0 Å². The van der Waals surface area contributed by atoms with E-state index in [-0.39, 0.29) is 41.6 Å². The van der Waals surface area contributed by atoms with Crippen molar-refractivity contribution in [2.75, 3.05) is 35.5 Å². The van der Waals surface area contributed by atoms with E-state index in [0.717, 1.165) is 180 Å². The van der Waals surface area contributed by atoms with Gasteiger partial charge in [0.25, 0.3) is 0 Å². The van der Waals surface area contributed by atoms with Gasteiger partial charge in [0.05, 0.1) is 118 Å². The first kappa shape index (κ1) is 97.3. The number of fused-ring (bicyclic) bond motifs is 9. The molecular formula is C121H96N10O10. The topological polar surface area (TPSA) is 315 Å². The predicted molar refractivity (Wildman–Crippen MR) is 555 cm³/mol. The van der Waals surface area contributed by atoms with Gasteiger partial charge in [0.15, 0.2) is 0 Å². The average molecular weight is 1850 g/mol. The average Bonchev–Trinajstić information content (AvgIpc) is 0.781. The monoisotopic (exact) mass is 1850 g/mol. The molecule has 0 spiro atoms. The molecule has 0 fully saturated rings. The molecule has 0 aliphatic carbocycles. The molecule has 5 heterocycles. The largest absolute Gasteiger partial charge is 0.469 e. The number of carbonyl (C=O) groups excluding carboxylic acids is 5. The molecule has 3 unspecified atom stereocenters. The Morgan fingerprint density at radius 3 is 1.03 bits per heavy atom. The fourth-order valence-corrected chi connectivity index (χ4v) is 17.9. The van der Waals surface area contributed by atoms with Crippen LogP contribution in [0.5, 0.6) is 0 Å². The highest BCUT2D eigenvalue weighted by Crippen LogP contribution is 2.43. The Bertz CT molecular complexity index is 8350. The molecule has 0 radical (unpaired) electrons. The molecule has 690 valence electrons. The van der Waals surface area contributed by atoms with Gasteiger partial charge >= 0.3 is 29.8 Å². The Morgan fingerprint density at radius 1 is 0.326 bits per heavy atom. The molecule has 19 aromatic rings. The van der Waals surface area contributed by atoms with Crippen LogP contribution in [0, 0.1) is 68.0 Å². The van der Waals surface area contributed by atoms with E-state index in [1.165, 1.54) is 41.6 Å². The molecule has 0 bridgehead atoms. The minimum absolute atomic E-state index is 0.0468. The maximum atomic E-state index is 12.1. The third-order valence-electron chi connectivity index (χ3n) is 25.4. The lowest BCUT2D eigenvalue weighted by molar-refractivity contribution is -0.150. The number of ether oxygens (including phenoxy) is 5. The number of rotatable bonds is 19. The van der Waals surface area contributed by atoms with Crippen molar-refractivity contribution < 1.29 is 47.7 Å². The second-order valence-corrected chi connectivity index (χ2v) is 34.8. The van der Waals surface area contributed by atoms with Gasteiger partial charge in [0.2, 0.25) is 0 Å². The Labute approximate surface area is 816 Å². The fourth-order valence-electron chi connectivity index (χ4n) is 17.9. The van der Waals surface area contributed by atoms with Gasteiger partial charge in [-0.3, -0.25) is 44.1 Å². The summed E-state index contributed by atoms with van der Waals surface area (Å²) in [6.07, 6.45) is 23.5. The zero-order valence-corrected chi connectivity index (χ0v) is 79.4. The highest BCUT2D eigenvalue weighted by Gasteiger charge is 2.30. The van der Waals surface area contributed by atoms with E-state index in [2.05, 4.69) is 84.3 Å². The number of methoxy groups -OCH3 is 5. The number of pyridine rings is 5. The molecule has 0 saturated heterocycles. The van der Waals surface area contributed by atoms with E-state index in [0.29, 0.717) is 53.5 Å². The van der Waals surface area contributed by atoms with Crippen molar-refractivity contribution >= 4 is 133 Å². The van der Waals surface area contributed by atoms with Crippen molar-refractivity contribution in [1.29, 1.82) is 26.3 Å². The second-order valence-electron chi connectivity index (χ2n) is 34.8. The van der Waals surface area contributed by atoms with Crippen molar-refractivity contribution in [3.63, 3.8) is 0 Å². The van der Waals surface area contributed by atoms with Crippen LogP contribution in [0.1, 0.15) is 115 Å². The molecule has 5 aromatic heterocycles. The number of aromatic nitrogens is 5. The van der Waals surface area contributed by atoms with Gasteiger partial charge in [-0.15, -0.1) is 0 Å². The summed E-state index contributed by atoms with van der Waals surface area (Å²) >= 11 is 0. The minimum Gasteiger partial charge on any atom is -0.469 e. The van der Waals surface area contributed by atoms with Gasteiger partial charge in [0, 0.05) is 144 Å². The van der Waals surface area contributed by atoms with Gasteiger partial charge < -0.3 is 23.7 Å². The fraction of sp³-hybridized carbons (Fsp3) is 0.149. The molecule has 14 aromatic carbocycles. The summed E-state index contributed by atoms with van der Waals surface area (Å²) in [4.78, 5) is 80.6. The Balaban J connectivity index is 0.000000133. The molecule has 20 heteroatoms. The lowest BCUT2D eigenvalue weighted by atomic mass is 9.85. The molecule has 19 rings (SSSR count). The minimum atomic E-state index is -0.614. The van der Waals surface area contributed by atoms with Crippen LogP contribution in [0.4, 0.5) is 0 Å². The smallest absolute Gasteiger partial charge is 0.330 e. The van der Waals surface area contributed by atoms with Crippen LogP contribution in [0.15, 0.2) is 329 Å². The standard InChI is InChI=1S/C26H22N2O2.2C25H20N2O2.C24H16N2O2.C21H18N2O2/c1-26(2,25(29)30-3)13-17-8-9-19-15-28-16-24(23(19)12-17)22-11-10-18(14-27)20-6-4-5-7-21(20)22;1-16(11-25(28)29-2)17-7-8-19-14-27-15-24(23(19)12-17)22-10-9-18(13-26)20-5-3-4-6-21(20)22;1-16(25(28)29-2)11-17-7-8-19-14-27-15-24(23(19)12-17)22-10-9-18(13-26)20-5-3-4-6-21(20)22;1-28-24(27)11-7-16-6-8-18-14-26-15-23(22(18)12-16)21-10-9-17(13-25)19-4-2-3-5-20(19)21;1-14(9-21(24)25-2)17-7-8-18-12-23-13-20(19(18)10-17)16-5-3-15(11-22)4-6-16/h4-12,15-16H,13H2,1-3H3;2*3-10,12,14-16H,11H2,1-2H3;2-12,14-15H,1H3;3-8,10,12-14H,9H2,1-2H3/b;;;11-7+;. The summed E-state index contributed by atoms with van der Waals surface area (Å²) in [7, 11) is 7.01. The molecular weight excluding hydrogens is 1750 g/mol. The first-order valence-corrected chi connectivity index (χ1v) is 45.6. The maximum Gasteiger partial charge on any atom is 0.330 e. The van der Waals surface area contributed by atoms with Gasteiger partial charge in [0.1, 0.15) is 0 Å². The van der Waals surface area contributed by atoms with Gasteiger partial charge in [-0.25, -0.2) is 4.79 Å². The van der Waals surface area contributed by atoms with E-state index >= 15 is 0 Å². The Morgan fingerprint density at radius 2 is 0.667 bits per heavy atom. The third kappa shape index (κ3) is 21.8. The normalized spacial score (nSPS) is 11.6. The summed E-state index contributed by atoms with van der Waals surface area (Å²) in [5, 5.41) is 65.0. The molecule has 141 heavy (non-hydrogen) atoms. The second kappa shape index (κ2) is 44.5. The number of carbonyl (C=O) groups is 5. The lowest BCUT2D eigenvalue weighted by Gasteiger charge is -2.21. The molecule has 0 aliphatic rings. The lowest BCUT2D eigenvalue weighted by Crippen LogP contribution is -2.27. The van der Waals surface area contributed by atoms with Crippen molar-refractivity contribution in [2.45, 2.75) is 72.1 Å². The maximum absolute atomic E-state index is 12.1. The summed E-state index contributed by atoms with van der Waals surface area (Å²) in [5.41, 5.74) is 18.0. The van der Waals surface area contributed by atoms with Crippen LogP contribution < -0.4 is 0 Å². The van der Waals surface area contributed by atoms with Crippen LogP contribution >= 0.6 is 0 Å². The molecule has 0 N–H and O–H groups in total. The highest BCUT2D eigenvalue weighted by molar-refractivity contribution is 6.11. The number of hydrogen-bond donors (Lipinski definition) is 0. The van der Waals surface area contributed by atoms with E-state index in [1.54, 1.807) is 18.2 Å². The first-order valence-electron chi connectivity index (χ1n) is 45.6. The number of hydrogen-bond acceptors (Lipinski definition) is 20. The van der Waals surface area contributed by atoms with E-state index in [4.69, 9.17) is 24.2 Å². The van der Waals surface area contributed by atoms with Crippen LogP contribution in [-0.4, -0.2) is 90.3 Å². The predicted octanol–water partition coefficient (Wildman–Crippen LogP) is 26.1. The van der Waals surface area contributed by atoms with Crippen molar-refractivity contribution in [2.24, 2.45) is 11.3 Å². The molecule has 3 atom stereocenters. The zero-order valence-electron chi connectivity index (χ0n) is 79.4. The summed E-state index contributed by atoms with van der Waals surface area (Å²) < 4.78 is 24.1. The molecule has 20 nitrogen and oxygen atoms in total. The van der Waals surface area contributed by atoms with Crippen LogP contribution in [0.25, 0.3) is 159 Å². The van der Waals surface area contributed by atoms with Gasteiger partial charge in [-0.2, -0.15) is 26.3 Å². The van der Waals surface area contributed by atoms with Gasteiger partial charge in [-0.05, 0) is 191 Å². The van der Waals surface area contributed by atoms with E-state index < -0.39 is 11.4 Å². The summed E-state index contributed by atoms with van der Waals surface area (Å²) in [6, 6.07) is 96.4. The summed E-state index contributed by atoms with van der Waals surface area (Å²) in [6.45, 7) is 9.70. The molecule has 0 aliphatic heterocycles. The molecule has 0 amide bonds. The van der Waals surface area contributed by atoms with E-state index in [1.807, 2.05) is 321 Å². The quantitative estimate of drug-likeness (QED) is 0.0412. The van der Waals surface area contributed by atoms with Crippen molar-refractivity contribution in [3.05, 3.63) is 385 Å². The zero-order chi connectivity index (χ0) is 99.4. The number of nitrogens with zero attached hydrogens (tertiary/aromatic N) is 10. The highest BCUT2D eigenvalue weighted by atomic mass is 16.5. The van der Waals surface area contributed by atoms with Crippen molar-refractivity contribution in [1.82, 2.24) is 24.9 Å². The Hall–Kier alpha value is -18.3. The number of nitriles is 5. The van der Waals surface area contributed by atoms with Crippen LogP contribution in [-0.2, 0) is 60.5 Å². The number of benzene rings is 14. The summed E-state index contributed by atoms with van der Waals surface area (Å²) in [5.74, 6) is -1.36. The first-order chi connectivity index (χ1) is 68.5. The SMILES string of the molecule is COC(=O)/C=C/c1ccc2cncc(-c3ccc(C#N)c4ccccc34)c2c1.COC(=O)C(C)(C)Cc1ccc2cncc(-c3ccc(C#N)c4ccccc34)c2c1.COC(=O)C(C)Cc1ccc2cncc(-c3ccc(C#N)c4ccccc34)c2c1.COC(=O)CC(C)c1ccc2cncc(-c3ccc(C#N)c4ccccc34)c2c1.COC(=O)CC(C)c1ccc2cncc(-c3ccc(C#N)cc3)c2c1. The van der Waals surface area contributed by atoms with Gasteiger partial charge in [-0.1, -0.05) is 239 Å².